The smallest absolute Gasteiger partial charge is 0.194 e. The van der Waals surface area contributed by atoms with Gasteiger partial charge in [-0.3, -0.25) is 4.79 Å². The molecule has 0 aliphatic heterocycles. The number of rotatable bonds is 2. The van der Waals surface area contributed by atoms with Crippen LogP contribution in [0.2, 0.25) is 0 Å². The molecular formula is C18H21F3O. The van der Waals surface area contributed by atoms with Crippen LogP contribution in [0.4, 0.5) is 13.2 Å². The first kappa shape index (κ1) is 12.1. The molecule has 2 saturated carbocycles. The van der Waals surface area contributed by atoms with Crippen LogP contribution >= 0.6 is 0 Å². The fraction of sp³-hybridized carbons (Fsp3) is 0.611. The standard InChI is InChI=1S/C18H21F3O/c19-16-9-14(10-17(20)18(16)21)13-3-1-11(2-4-13)12-5-7-15(22)8-6-12/h9-13H,1-8H2/i5D,7D2. The lowest BCUT2D eigenvalue weighted by Gasteiger charge is -2.35. The molecule has 0 saturated heterocycles. The molecule has 2 aliphatic rings. The van der Waals surface area contributed by atoms with Crippen molar-refractivity contribution in [2.24, 2.45) is 11.8 Å². The molecule has 22 heavy (non-hydrogen) atoms. The first-order valence-corrected chi connectivity index (χ1v) is 7.81. The van der Waals surface area contributed by atoms with E-state index in [4.69, 9.17) is 4.11 Å². The van der Waals surface area contributed by atoms with Crippen LogP contribution in [-0.4, -0.2) is 5.78 Å². The SMILES string of the molecule is [2H]C1C(C2CCC(c3cc(F)c(F)c(F)c3)CC2)CCC(=O)C1([2H])[2H]. The number of carbonyl (C=O) groups excluding carboxylic acids is 1. The summed E-state index contributed by atoms with van der Waals surface area (Å²) in [5.74, 6) is -4.40. The van der Waals surface area contributed by atoms with Gasteiger partial charge in [-0.15, -0.1) is 0 Å². The minimum absolute atomic E-state index is 0.0629. The molecule has 0 radical (unpaired) electrons. The summed E-state index contributed by atoms with van der Waals surface area (Å²) in [7, 11) is 0. The quantitative estimate of drug-likeness (QED) is 0.691. The highest BCUT2D eigenvalue weighted by Crippen LogP contribution is 2.42. The maximum Gasteiger partial charge on any atom is 0.194 e. The van der Waals surface area contributed by atoms with Crippen molar-refractivity contribution in [2.45, 2.75) is 57.2 Å². The Hall–Kier alpha value is -1.32. The predicted molar refractivity (Wildman–Crippen MR) is 78.0 cm³/mol. The molecule has 2 unspecified atom stereocenters. The molecule has 0 amide bonds. The second kappa shape index (κ2) is 6.43. The van der Waals surface area contributed by atoms with Gasteiger partial charge in [0.2, 0.25) is 0 Å². The lowest BCUT2D eigenvalue weighted by atomic mass is 9.70. The normalized spacial score (nSPS) is 37.2. The van der Waals surface area contributed by atoms with Crippen molar-refractivity contribution in [3.05, 3.63) is 35.1 Å². The molecule has 1 nitrogen and oxygen atoms in total. The molecule has 1 aromatic carbocycles. The molecule has 0 bridgehead atoms. The van der Waals surface area contributed by atoms with Crippen molar-refractivity contribution >= 4 is 5.78 Å². The second-order valence-corrected chi connectivity index (χ2v) is 6.35. The van der Waals surface area contributed by atoms with E-state index in [1.54, 1.807) is 0 Å². The zero-order valence-electron chi connectivity index (χ0n) is 15.2. The van der Waals surface area contributed by atoms with Crippen molar-refractivity contribution in [3.63, 3.8) is 0 Å². The molecule has 3 rings (SSSR count). The number of ketones is 1. The molecule has 1 aromatic rings. The van der Waals surface area contributed by atoms with Gasteiger partial charge in [-0.2, -0.15) is 0 Å². The van der Waals surface area contributed by atoms with Crippen LogP contribution in [0.15, 0.2) is 12.1 Å². The molecule has 2 atom stereocenters. The van der Waals surface area contributed by atoms with Crippen LogP contribution in [0.3, 0.4) is 0 Å². The summed E-state index contributed by atoms with van der Waals surface area (Å²) < 4.78 is 63.8. The Kier molecular flexibility index (Phi) is 3.55. The summed E-state index contributed by atoms with van der Waals surface area (Å²) >= 11 is 0. The summed E-state index contributed by atoms with van der Waals surface area (Å²) in [6.07, 6.45) is 0.304. The van der Waals surface area contributed by atoms with Crippen LogP contribution in [0.5, 0.6) is 0 Å². The van der Waals surface area contributed by atoms with Crippen molar-refractivity contribution in [1.82, 2.24) is 0 Å². The number of benzene rings is 1. The first-order chi connectivity index (χ1) is 11.7. The third kappa shape index (κ3) is 3.21. The molecule has 4 heteroatoms. The van der Waals surface area contributed by atoms with Crippen molar-refractivity contribution in [2.75, 3.05) is 0 Å². The van der Waals surface area contributed by atoms with E-state index in [2.05, 4.69) is 0 Å². The monoisotopic (exact) mass is 313 g/mol. The van der Waals surface area contributed by atoms with Crippen molar-refractivity contribution in [3.8, 4) is 0 Å². The van der Waals surface area contributed by atoms with E-state index in [0.717, 1.165) is 25.0 Å². The van der Waals surface area contributed by atoms with Crippen LogP contribution in [-0.2, 0) is 4.79 Å². The van der Waals surface area contributed by atoms with Gasteiger partial charge in [-0.25, -0.2) is 13.2 Å². The lowest BCUT2D eigenvalue weighted by Crippen LogP contribution is -2.25. The summed E-state index contributed by atoms with van der Waals surface area (Å²) in [5.41, 5.74) is 0.450. The molecule has 2 fully saturated rings. The maximum atomic E-state index is 13.4. The van der Waals surface area contributed by atoms with Gasteiger partial charge in [0.25, 0.3) is 0 Å². The average molecular weight is 313 g/mol. The fourth-order valence-corrected chi connectivity index (χ4v) is 3.72. The van der Waals surface area contributed by atoms with Gasteiger partial charge >= 0.3 is 0 Å². The minimum Gasteiger partial charge on any atom is -0.300 e. The Morgan fingerprint density at radius 3 is 2.23 bits per heavy atom. The van der Waals surface area contributed by atoms with Crippen LogP contribution < -0.4 is 0 Å². The molecular weight excluding hydrogens is 289 g/mol. The highest BCUT2D eigenvalue weighted by atomic mass is 19.2. The first-order valence-electron chi connectivity index (χ1n) is 9.39. The van der Waals surface area contributed by atoms with Gasteiger partial charge in [-0.1, -0.05) is 0 Å². The topological polar surface area (TPSA) is 17.1 Å². The van der Waals surface area contributed by atoms with Crippen LogP contribution in [0.25, 0.3) is 0 Å². The van der Waals surface area contributed by atoms with E-state index in [-0.39, 0.29) is 24.2 Å². The molecule has 0 heterocycles. The summed E-state index contributed by atoms with van der Waals surface area (Å²) in [6, 6.07) is 2.10. The fourth-order valence-electron chi connectivity index (χ4n) is 3.72. The van der Waals surface area contributed by atoms with E-state index in [1.165, 1.54) is 0 Å². The van der Waals surface area contributed by atoms with E-state index < -0.39 is 36.0 Å². The van der Waals surface area contributed by atoms with Crippen molar-refractivity contribution in [1.29, 1.82) is 0 Å². The molecule has 2 aliphatic carbocycles. The zero-order chi connectivity index (χ0) is 18.4. The number of carbonyl (C=O) groups is 1. The molecule has 0 spiro atoms. The van der Waals surface area contributed by atoms with Crippen LogP contribution in [0, 0.1) is 29.3 Å². The van der Waals surface area contributed by atoms with Gasteiger partial charge in [0.15, 0.2) is 17.5 Å². The van der Waals surface area contributed by atoms with Gasteiger partial charge in [0, 0.05) is 16.9 Å². The Morgan fingerprint density at radius 1 is 0.955 bits per heavy atom. The Balaban J connectivity index is 1.67. The Labute approximate surface area is 133 Å². The van der Waals surface area contributed by atoms with E-state index >= 15 is 0 Å². The Bertz CT molecular complexity index is 649. The third-order valence-corrected chi connectivity index (χ3v) is 5.02. The number of hydrogen-bond acceptors (Lipinski definition) is 1. The van der Waals surface area contributed by atoms with Gasteiger partial charge in [-0.05, 0) is 74.0 Å². The van der Waals surface area contributed by atoms with Gasteiger partial charge in [0.1, 0.15) is 5.78 Å². The summed E-state index contributed by atoms with van der Waals surface area (Å²) in [4.78, 5) is 11.7. The second-order valence-electron chi connectivity index (χ2n) is 6.35. The van der Waals surface area contributed by atoms with Crippen molar-refractivity contribution < 1.29 is 22.1 Å². The largest absolute Gasteiger partial charge is 0.300 e. The average Bonchev–Trinajstić information content (AvgIpc) is 2.58. The number of Topliss-reactive ketones (excluding diaryl/α,β-unsaturated/α-hetero) is 1. The van der Waals surface area contributed by atoms with E-state index in [9.17, 15) is 18.0 Å². The summed E-state index contributed by atoms with van der Waals surface area (Å²) in [6.45, 7) is 0. The minimum atomic E-state index is -2.09. The Morgan fingerprint density at radius 2 is 1.59 bits per heavy atom. The molecule has 0 aromatic heterocycles. The highest BCUT2D eigenvalue weighted by Gasteiger charge is 2.31. The summed E-state index contributed by atoms with van der Waals surface area (Å²) in [5, 5.41) is 0. The van der Waals surface area contributed by atoms with Gasteiger partial charge in [0.05, 0.1) is 0 Å². The molecule has 0 N–H and O–H groups in total. The number of hydrogen-bond donors (Lipinski definition) is 0. The third-order valence-electron chi connectivity index (χ3n) is 5.02. The van der Waals surface area contributed by atoms with Gasteiger partial charge < -0.3 is 0 Å². The van der Waals surface area contributed by atoms with Crippen LogP contribution in [0.1, 0.15) is 66.9 Å². The predicted octanol–water partition coefficient (Wildman–Crippen LogP) is 5.14. The maximum absolute atomic E-state index is 13.4. The van der Waals surface area contributed by atoms with E-state index in [1.807, 2.05) is 0 Å². The van der Waals surface area contributed by atoms with E-state index in [0.29, 0.717) is 24.8 Å². The number of halogens is 3. The molecule has 120 valence electrons. The lowest BCUT2D eigenvalue weighted by molar-refractivity contribution is -0.121. The zero-order valence-corrected chi connectivity index (χ0v) is 12.2. The highest BCUT2D eigenvalue weighted by molar-refractivity contribution is 5.79.